The number of hydrogen-bond donors (Lipinski definition) is 2. The van der Waals surface area contributed by atoms with Crippen LogP contribution >= 0.6 is 11.3 Å². The van der Waals surface area contributed by atoms with Gasteiger partial charge in [-0.1, -0.05) is 18.2 Å². The third-order valence-electron chi connectivity index (χ3n) is 2.87. The van der Waals surface area contributed by atoms with Crippen molar-refractivity contribution >= 4 is 17.3 Å². The lowest BCUT2D eigenvalue weighted by molar-refractivity contribution is -0.139. The average molecular weight is 305 g/mol. The summed E-state index contributed by atoms with van der Waals surface area (Å²) in [6, 6.07) is 10.4. The third-order valence-corrected chi connectivity index (χ3v) is 3.75. The van der Waals surface area contributed by atoms with Crippen LogP contribution in [0.2, 0.25) is 0 Å². The second-order valence-corrected chi connectivity index (χ2v) is 6.00. The van der Waals surface area contributed by atoms with Crippen LogP contribution in [0.15, 0.2) is 41.8 Å². The predicted molar refractivity (Wildman–Crippen MR) is 83.7 cm³/mol. The Labute approximate surface area is 128 Å². The normalized spacial score (nSPS) is 12.3. The second kappa shape index (κ2) is 7.24. The second-order valence-electron chi connectivity index (χ2n) is 4.97. The van der Waals surface area contributed by atoms with Gasteiger partial charge >= 0.3 is 5.97 Å². The van der Waals surface area contributed by atoms with Crippen LogP contribution in [0.1, 0.15) is 30.3 Å². The molecule has 2 aromatic rings. The minimum Gasteiger partial charge on any atom is -0.491 e. The van der Waals surface area contributed by atoms with Crippen molar-refractivity contribution in [2.75, 3.05) is 0 Å². The molecule has 1 heterocycles. The van der Waals surface area contributed by atoms with E-state index in [9.17, 15) is 9.90 Å². The smallest absolute Gasteiger partial charge is 0.325 e. The molecule has 1 atom stereocenters. The molecule has 0 saturated carbocycles. The van der Waals surface area contributed by atoms with E-state index in [0.717, 1.165) is 4.88 Å². The highest BCUT2D eigenvalue weighted by Crippen LogP contribution is 2.21. The van der Waals surface area contributed by atoms with Crippen LogP contribution in [0, 0.1) is 0 Å². The third kappa shape index (κ3) is 4.58. The molecule has 2 rings (SSSR count). The van der Waals surface area contributed by atoms with Gasteiger partial charge in [-0.2, -0.15) is 0 Å². The molecule has 1 unspecified atom stereocenters. The van der Waals surface area contributed by atoms with Gasteiger partial charge in [0.15, 0.2) is 0 Å². The molecule has 5 heteroatoms. The molecule has 0 aliphatic heterocycles. The first-order valence-corrected chi connectivity index (χ1v) is 7.69. The standard InChI is InChI=1S/C16H19NO3S/c1-11(2)20-13-6-3-5-12(9-13)15(16(18)19)17-10-14-7-4-8-21-14/h3-9,11,15,17H,10H2,1-2H3,(H,18,19). The molecule has 112 valence electrons. The number of benzene rings is 1. The summed E-state index contributed by atoms with van der Waals surface area (Å²) in [6.07, 6.45) is 0.0580. The number of carboxylic acid groups (broad SMARTS) is 1. The highest BCUT2D eigenvalue weighted by atomic mass is 32.1. The minimum atomic E-state index is -0.895. The lowest BCUT2D eigenvalue weighted by Gasteiger charge is -2.16. The van der Waals surface area contributed by atoms with Crippen molar-refractivity contribution in [1.29, 1.82) is 0 Å². The van der Waals surface area contributed by atoms with E-state index in [2.05, 4.69) is 5.32 Å². The Morgan fingerprint density at radius 1 is 1.33 bits per heavy atom. The first-order valence-electron chi connectivity index (χ1n) is 6.81. The summed E-state index contributed by atoms with van der Waals surface area (Å²) in [6.45, 7) is 4.41. The number of rotatable bonds is 7. The van der Waals surface area contributed by atoms with Crippen molar-refractivity contribution in [2.24, 2.45) is 0 Å². The summed E-state index contributed by atoms with van der Waals surface area (Å²) < 4.78 is 5.62. The number of carbonyl (C=O) groups is 1. The largest absolute Gasteiger partial charge is 0.491 e. The lowest BCUT2D eigenvalue weighted by atomic mass is 10.1. The van der Waals surface area contributed by atoms with Crippen LogP contribution < -0.4 is 10.1 Å². The van der Waals surface area contributed by atoms with Crippen molar-refractivity contribution < 1.29 is 14.6 Å². The Morgan fingerprint density at radius 3 is 2.76 bits per heavy atom. The van der Waals surface area contributed by atoms with Crippen LogP contribution in [0.25, 0.3) is 0 Å². The number of ether oxygens (including phenoxy) is 1. The van der Waals surface area contributed by atoms with E-state index in [0.29, 0.717) is 17.9 Å². The monoisotopic (exact) mass is 305 g/mol. The van der Waals surface area contributed by atoms with Crippen molar-refractivity contribution in [3.05, 3.63) is 52.2 Å². The maximum atomic E-state index is 11.5. The van der Waals surface area contributed by atoms with E-state index in [1.54, 1.807) is 23.5 Å². The maximum Gasteiger partial charge on any atom is 0.325 e. The summed E-state index contributed by atoms with van der Waals surface area (Å²) in [7, 11) is 0. The van der Waals surface area contributed by atoms with Crippen LogP contribution in [-0.2, 0) is 11.3 Å². The molecule has 0 fully saturated rings. The van der Waals surface area contributed by atoms with E-state index in [-0.39, 0.29) is 6.10 Å². The summed E-state index contributed by atoms with van der Waals surface area (Å²) in [5.74, 6) is -0.208. The Morgan fingerprint density at radius 2 is 2.14 bits per heavy atom. The van der Waals surface area contributed by atoms with Gasteiger partial charge in [0.2, 0.25) is 0 Å². The zero-order valence-corrected chi connectivity index (χ0v) is 12.9. The Hall–Kier alpha value is -1.85. The number of thiophene rings is 1. The van der Waals surface area contributed by atoms with Gasteiger partial charge in [0.25, 0.3) is 0 Å². The first-order chi connectivity index (χ1) is 10.1. The highest BCUT2D eigenvalue weighted by Gasteiger charge is 2.19. The lowest BCUT2D eigenvalue weighted by Crippen LogP contribution is -2.27. The van der Waals surface area contributed by atoms with E-state index < -0.39 is 12.0 Å². The van der Waals surface area contributed by atoms with Gasteiger partial charge in [-0.05, 0) is 43.0 Å². The van der Waals surface area contributed by atoms with E-state index >= 15 is 0 Å². The van der Waals surface area contributed by atoms with E-state index in [4.69, 9.17) is 4.74 Å². The zero-order chi connectivity index (χ0) is 15.2. The van der Waals surface area contributed by atoms with Gasteiger partial charge in [0.05, 0.1) is 6.10 Å². The highest BCUT2D eigenvalue weighted by molar-refractivity contribution is 7.09. The molecule has 21 heavy (non-hydrogen) atoms. The van der Waals surface area contributed by atoms with E-state index in [1.807, 2.05) is 43.5 Å². The fraction of sp³-hybridized carbons (Fsp3) is 0.312. The summed E-state index contributed by atoms with van der Waals surface area (Å²) in [4.78, 5) is 12.6. The number of aliphatic carboxylic acids is 1. The van der Waals surface area contributed by atoms with Crippen molar-refractivity contribution in [3.63, 3.8) is 0 Å². The summed E-state index contributed by atoms with van der Waals surface area (Å²) >= 11 is 1.60. The van der Waals surface area contributed by atoms with Crippen LogP contribution in [-0.4, -0.2) is 17.2 Å². The number of hydrogen-bond acceptors (Lipinski definition) is 4. The van der Waals surface area contributed by atoms with Gasteiger partial charge in [-0.3, -0.25) is 10.1 Å². The van der Waals surface area contributed by atoms with Crippen LogP contribution in [0.5, 0.6) is 5.75 Å². The molecule has 0 aliphatic carbocycles. The Bertz CT molecular complexity index is 581. The number of nitrogens with one attached hydrogen (secondary N) is 1. The van der Waals surface area contributed by atoms with Crippen molar-refractivity contribution in [2.45, 2.75) is 32.5 Å². The molecule has 0 bridgehead atoms. The van der Waals surface area contributed by atoms with Gasteiger partial charge in [-0.15, -0.1) is 11.3 Å². The first kappa shape index (κ1) is 15.5. The van der Waals surface area contributed by atoms with Gasteiger partial charge in [0.1, 0.15) is 11.8 Å². The number of carboxylic acids is 1. The molecule has 0 saturated heterocycles. The maximum absolute atomic E-state index is 11.5. The zero-order valence-electron chi connectivity index (χ0n) is 12.1. The molecule has 0 spiro atoms. The fourth-order valence-electron chi connectivity index (χ4n) is 2.00. The molecular weight excluding hydrogens is 286 g/mol. The van der Waals surface area contributed by atoms with Crippen LogP contribution in [0.4, 0.5) is 0 Å². The molecule has 1 aromatic carbocycles. The SMILES string of the molecule is CC(C)Oc1cccc(C(NCc2cccs2)C(=O)O)c1. The summed E-state index contributed by atoms with van der Waals surface area (Å²) in [5.41, 5.74) is 0.692. The van der Waals surface area contributed by atoms with Gasteiger partial charge < -0.3 is 9.84 Å². The van der Waals surface area contributed by atoms with E-state index in [1.165, 1.54) is 0 Å². The van der Waals surface area contributed by atoms with Gasteiger partial charge in [-0.25, -0.2) is 0 Å². The average Bonchev–Trinajstić information content (AvgIpc) is 2.91. The van der Waals surface area contributed by atoms with Gasteiger partial charge in [0, 0.05) is 11.4 Å². The molecule has 0 aliphatic rings. The predicted octanol–water partition coefficient (Wildman–Crippen LogP) is 3.45. The fourth-order valence-corrected chi connectivity index (χ4v) is 2.66. The Balaban J connectivity index is 2.12. The molecule has 1 aromatic heterocycles. The molecule has 2 N–H and O–H groups in total. The van der Waals surface area contributed by atoms with Crippen LogP contribution in [0.3, 0.4) is 0 Å². The van der Waals surface area contributed by atoms with Crippen molar-refractivity contribution in [3.8, 4) is 5.75 Å². The molecule has 0 amide bonds. The molecule has 4 nitrogen and oxygen atoms in total. The molecule has 0 radical (unpaired) electrons. The Kier molecular flexibility index (Phi) is 5.36. The topological polar surface area (TPSA) is 58.6 Å². The molecular formula is C16H19NO3S. The minimum absolute atomic E-state index is 0.0580. The van der Waals surface area contributed by atoms with Crippen molar-refractivity contribution in [1.82, 2.24) is 5.32 Å². The quantitative estimate of drug-likeness (QED) is 0.822. The summed E-state index contributed by atoms with van der Waals surface area (Å²) in [5, 5.41) is 14.5.